The molecule has 0 bridgehead atoms. The Hall–Kier alpha value is -1.31. The molecule has 0 atom stereocenters. The number of hydrogen-bond donors (Lipinski definition) is 0. The number of aromatic nitrogens is 1. The molecule has 90 valence electrons. The van der Waals surface area contributed by atoms with Gasteiger partial charge in [0.2, 0.25) is 0 Å². The third kappa shape index (κ3) is 1.58. The van der Waals surface area contributed by atoms with Gasteiger partial charge in [-0.1, -0.05) is 0 Å². The highest BCUT2D eigenvalue weighted by Gasteiger charge is 2.27. The minimum atomic E-state index is -2.22. The van der Waals surface area contributed by atoms with Gasteiger partial charge >= 0.3 is 0 Å². The summed E-state index contributed by atoms with van der Waals surface area (Å²) in [6.07, 6.45) is 0. The van der Waals surface area contributed by atoms with Gasteiger partial charge in [0.15, 0.2) is 29.1 Å². The second kappa shape index (κ2) is 3.86. The molecule has 1 aromatic heterocycles. The Kier molecular flexibility index (Phi) is 2.76. The molecule has 0 fully saturated rings. The highest BCUT2D eigenvalue weighted by atomic mass is 79.9. The van der Waals surface area contributed by atoms with Gasteiger partial charge in [-0.3, -0.25) is 0 Å². The van der Waals surface area contributed by atoms with Crippen LogP contribution in [-0.2, 0) is 0 Å². The Morgan fingerprint density at radius 3 is 1.65 bits per heavy atom. The quantitative estimate of drug-likeness (QED) is 0.311. The van der Waals surface area contributed by atoms with Crippen molar-refractivity contribution >= 4 is 26.7 Å². The molecule has 0 aliphatic rings. The van der Waals surface area contributed by atoms with Crippen LogP contribution in [-0.4, -0.2) is 4.98 Å². The van der Waals surface area contributed by atoms with E-state index in [9.17, 15) is 26.3 Å². The summed E-state index contributed by atoms with van der Waals surface area (Å²) in [4.78, 5) is 2.85. The Labute approximate surface area is 98.2 Å². The lowest BCUT2D eigenvalue weighted by Gasteiger charge is -2.07. The Morgan fingerprint density at radius 1 is 0.647 bits per heavy atom. The Bertz CT molecular complexity index is 642. The van der Waals surface area contributed by atoms with Crippen LogP contribution in [0.3, 0.4) is 0 Å². The molecular formula is C9BrF6N. The van der Waals surface area contributed by atoms with Crippen LogP contribution in [0.15, 0.2) is 4.60 Å². The van der Waals surface area contributed by atoms with Crippen LogP contribution in [0.5, 0.6) is 0 Å². The zero-order chi connectivity index (χ0) is 12.9. The van der Waals surface area contributed by atoms with E-state index in [-0.39, 0.29) is 0 Å². The minimum Gasteiger partial charge on any atom is -0.209 e. The lowest BCUT2D eigenvalue weighted by Crippen LogP contribution is -2.04. The van der Waals surface area contributed by atoms with E-state index in [0.717, 1.165) is 0 Å². The maximum atomic E-state index is 13.3. The fraction of sp³-hybridized carbons (Fsp3) is 0. The van der Waals surface area contributed by atoms with E-state index in [2.05, 4.69) is 20.9 Å². The lowest BCUT2D eigenvalue weighted by molar-refractivity contribution is 0.412. The maximum absolute atomic E-state index is 13.3. The molecule has 0 unspecified atom stereocenters. The molecule has 1 heterocycles. The van der Waals surface area contributed by atoms with Crippen molar-refractivity contribution in [2.75, 3.05) is 0 Å². The fourth-order valence-corrected chi connectivity index (χ4v) is 1.85. The van der Waals surface area contributed by atoms with Crippen molar-refractivity contribution in [1.29, 1.82) is 0 Å². The Morgan fingerprint density at radius 2 is 1.12 bits per heavy atom. The lowest BCUT2D eigenvalue weighted by atomic mass is 10.1. The predicted molar refractivity (Wildman–Crippen MR) is 49.2 cm³/mol. The van der Waals surface area contributed by atoms with Crippen LogP contribution >= 0.6 is 15.9 Å². The maximum Gasteiger partial charge on any atom is 0.250 e. The number of halogens is 7. The smallest absolute Gasteiger partial charge is 0.209 e. The Balaban J connectivity index is 3.17. The molecule has 1 aromatic carbocycles. The van der Waals surface area contributed by atoms with Gasteiger partial charge in [0.05, 0.1) is 10.8 Å². The molecule has 0 saturated carbocycles. The van der Waals surface area contributed by atoms with Crippen molar-refractivity contribution in [2.24, 2.45) is 0 Å². The third-order valence-electron chi connectivity index (χ3n) is 2.07. The minimum absolute atomic E-state index is 0.665. The number of nitrogens with zero attached hydrogens (tertiary/aromatic N) is 1. The summed E-state index contributed by atoms with van der Waals surface area (Å²) in [7, 11) is 0. The predicted octanol–water partition coefficient (Wildman–Crippen LogP) is 3.83. The van der Waals surface area contributed by atoms with Crippen LogP contribution in [0, 0.1) is 35.0 Å². The number of hydrogen-bond acceptors (Lipinski definition) is 1. The van der Waals surface area contributed by atoms with Crippen LogP contribution in [0.4, 0.5) is 26.3 Å². The second-order valence-electron chi connectivity index (χ2n) is 3.01. The molecular weight excluding hydrogens is 316 g/mol. The van der Waals surface area contributed by atoms with E-state index < -0.39 is 50.4 Å². The first kappa shape index (κ1) is 12.2. The van der Waals surface area contributed by atoms with Crippen molar-refractivity contribution < 1.29 is 26.3 Å². The van der Waals surface area contributed by atoms with Crippen molar-refractivity contribution in [2.45, 2.75) is 0 Å². The van der Waals surface area contributed by atoms with E-state index in [1.807, 2.05) is 0 Å². The van der Waals surface area contributed by atoms with Gasteiger partial charge in [-0.05, 0) is 15.9 Å². The summed E-state index contributed by atoms with van der Waals surface area (Å²) in [6.45, 7) is 0. The average Bonchev–Trinajstić information content (AvgIpc) is 2.28. The first-order valence-electron chi connectivity index (χ1n) is 4.02. The highest BCUT2D eigenvalue weighted by Crippen LogP contribution is 2.33. The van der Waals surface area contributed by atoms with Gasteiger partial charge in [-0.2, -0.15) is 4.39 Å². The third-order valence-corrected chi connectivity index (χ3v) is 2.64. The summed E-state index contributed by atoms with van der Waals surface area (Å²) in [5, 5.41) is -2.33. The molecule has 0 spiro atoms. The molecule has 0 aliphatic carbocycles. The van der Waals surface area contributed by atoms with Crippen molar-refractivity contribution in [3.05, 3.63) is 39.6 Å². The second-order valence-corrected chi connectivity index (χ2v) is 3.76. The zero-order valence-electron chi connectivity index (χ0n) is 7.59. The van der Waals surface area contributed by atoms with Gasteiger partial charge in [0, 0.05) is 0 Å². The van der Waals surface area contributed by atoms with Crippen LogP contribution in [0.2, 0.25) is 0 Å². The van der Waals surface area contributed by atoms with Crippen LogP contribution in [0.25, 0.3) is 10.8 Å². The van der Waals surface area contributed by atoms with Crippen molar-refractivity contribution in [1.82, 2.24) is 4.98 Å². The summed E-state index contributed by atoms with van der Waals surface area (Å²) in [5.74, 6) is -11.8. The molecule has 0 N–H and O–H groups in total. The van der Waals surface area contributed by atoms with E-state index in [1.165, 1.54) is 0 Å². The molecule has 17 heavy (non-hydrogen) atoms. The normalized spacial score (nSPS) is 11.2. The van der Waals surface area contributed by atoms with Gasteiger partial charge in [-0.25, -0.2) is 26.9 Å². The fourth-order valence-electron chi connectivity index (χ4n) is 1.33. The molecule has 2 aromatic rings. The van der Waals surface area contributed by atoms with Crippen LogP contribution < -0.4 is 0 Å². The first-order valence-corrected chi connectivity index (χ1v) is 4.81. The van der Waals surface area contributed by atoms with Crippen molar-refractivity contribution in [3.8, 4) is 0 Å². The largest absolute Gasteiger partial charge is 0.250 e. The summed E-state index contributed by atoms with van der Waals surface area (Å²) >= 11 is 2.51. The van der Waals surface area contributed by atoms with Gasteiger partial charge in [-0.15, -0.1) is 0 Å². The van der Waals surface area contributed by atoms with E-state index in [1.54, 1.807) is 0 Å². The monoisotopic (exact) mass is 315 g/mol. The molecule has 2 rings (SSSR count). The highest BCUT2D eigenvalue weighted by molar-refractivity contribution is 9.10. The number of pyridine rings is 1. The topological polar surface area (TPSA) is 12.9 Å². The molecule has 8 heteroatoms. The number of rotatable bonds is 0. The van der Waals surface area contributed by atoms with Gasteiger partial charge in [0.1, 0.15) is 4.60 Å². The number of fused-ring (bicyclic) bond motifs is 1. The summed E-state index contributed by atoms with van der Waals surface area (Å²) in [5.41, 5.74) is 0. The molecule has 1 nitrogen and oxygen atoms in total. The van der Waals surface area contributed by atoms with Gasteiger partial charge in [0.25, 0.3) is 5.95 Å². The van der Waals surface area contributed by atoms with Crippen LogP contribution in [0.1, 0.15) is 0 Å². The first-order chi connectivity index (χ1) is 7.86. The number of benzene rings is 1. The van der Waals surface area contributed by atoms with E-state index in [0.29, 0.717) is 0 Å². The zero-order valence-corrected chi connectivity index (χ0v) is 9.18. The SMILES string of the molecule is Fc1nc(Br)c2c(F)c(F)c(F)c(F)c2c1F. The standard InChI is InChI=1S/C9BrF6N/c10-8-2-1(5(13)9(16)17-8)3(11)6(14)7(15)4(2)12. The van der Waals surface area contributed by atoms with Crippen molar-refractivity contribution in [3.63, 3.8) is 0 Å². The van der Waals surface area contributed by atoms with E-state index in [4.69, 9.17) is 0 Å². The summed E-state index contributed by atoms with van der Waals surface area (Å²) < 4.78 is 77.6. The summed E-state index contributed by atoms with van der Waals surface area (Å²) in [6, 6.07) is 0. The molecule has 0 radical (unpaired) electrons. The molecule has 0 saturated heterocycles. The van der Waals surface area contributed by atoms with E-state index >= 15 is 0 Å². The van der Waals surface area contributed by atoms with Gasteiger partial charge < -0.3 is 0 Å². The molecule has 0 amide bonds. The average molecular weight is 316 g/mol. The molecule has 0 aliphatic heterocycles.